The Morgan fingerprint density at radius 1 is 1.42 bits per heavy atom. The van der Waals surface area contributed by atoms with E-state index in [9.17, 15) is 9.59 Å². The molecule has 0 N–H and O–H groups in total. The summed E-state index contributed by atoms with van der Waals surface area (Å²) in [4.78, 5) is 24.2. The van der Waals surface area contributed by atoms with Gasteiger partial charge < -0.3 is 4.74 Å². The van der Waals surface area contributed by atoms with E-state index >= 15 is 0 Å². The summed E-state index contributed by atoms with van der Waals surface area (Å²) < 4.78 is 6.36. The van der Waals surface area contributed by atoms with Crippen molar-refractivity contribution in [3.05, 3.63) is 35.2 Å². The summed E-state index contributed by atoms with van der Waals surface area (Å²) in [6.07, 6.45) is 3.45. The van der Waals surface area contributed by atoms with Crippen LogP contribution in [-0.4, -0.2) is 28.5 Å². The van der Waals surface area contributed by atoms with Crippen molar-refractivity contribution in [1.29, 1.82) is 0 Å². The van der Waals surface area contributed by atoms with Gasteiger partial charge in [0.15, 0.2) is 5.78 Å². The van der Waals surface area contributed by atoms with Crippen molar-refractivity contribution >= 4 is 17.3 Å². The van der Waals surface area contributed by atoms with Gasteiger partial charge >= 0.3 is 5.97 Å². The number of carbonyl (C=O) groups excluding carboxylic acids is 2. The first-order valence-electron chi connectivity index (χ1n) is 6.24. The molecule has 0 atom stereocenters. The van der Waals surface area contributed by atoms with Gasteiger partial charge in [0.2, 0.25) is 0 Å². The number of methoxy groups -OCH3 is 1. The Labute approximate surface area is 110 Å². The molecular formula is C14H14N2O3. The molecule has 0 amide bonds. The zero-order chi connectivity index (χ0) is 13.6. The highest BCUT2D eigenvalue weighted by Gasteiger charge is 2.35. The zero-order valence-electron chi connectivity index (χ0n) is 10.8. The van der Waals surface area contributed by atoms with Crippen LogP contribution in [0.25, 0.3) is 5.52 Å². The fraction of sp³-hybridized carbons (Fsp3) is 0.357. The first-order valence-corrected chi connectivity index (χ1v) is 6.24. The lowest BCUT2D eigenvalue weighted by atomic mass is 10.1. The lowest BCUT2D eigenvalue weighted by Gasteiger charge is -2.00. The van der Waals surface area contributed by atoms with E-state index in [0.29, 0.717) is 22.3 Å². The number of carbonyl (C=O) groups is 2. The molecule has 5 heteroatoms. The Morgan fingerprint density at radius 3 is 2.79 bits per heavy atom. The van der Waals surface area contributed by atoms with Crippen molar-refractivity contribution in [2.45, 2.75) is 19.8 Å². The predicted octanol–water partition coefficient (Wildman–Crippen LogP) is 2.02. The van der Waals surface area contributed by atoms with Crippen molar-refractivity contribution in [2.24, 2.45) is 5.92 Å². The lowest BCUT2D eigenvalue weighted by molar-refractivity contribution is 0.0602. The number of rotatable bonds is 3. The Bertz CT molecular complexity index is 683. The van der Waals surface area contributed by atoms with Gasteiger partial charge in [0, 0.05) is 12.1 Å². The molecule has 5 nitrogen and oxygen atoms in total. The molecule has 0 spiro atoms. The van der Waals surface area contributed by atoms with Gasteiger partial charge in [-0.15, -0.1) is 0 Å². The molecule has 2 heterocycles. The standard InChI is InChI=1S/C14H14N2O3/c1-8-11(14(18)19-2)10-4-3-7-15-16(10)12(8)13(17)9-5-6-9/h3-4,7,9H,5-6H2,1-2H3. The maximum absolute atomic E-state index is 12.4. The van der Waals surface area contributed by atoms with Gasteiger partial charge in [-0.3, -0.25) is 4.79 Å². The number of ketones is 1. The SMILES string of the molecule is COC(=O)c1c(C)c(C(=O)C2CC2)n2ncccc12. The Balaban J connectivity index is 2.29. The van der Waals surface area contributed by atoms with Crippen LogP contribution in [0.4, 0.5) is 0 Å². The van der Waals surface area contributed by atoms with E-state index in [1.54, 1.807) is 29.8 Å². The number of hydrogen-bond acceptors (Lipinski definition) is 4. The van der Waals surface area contributed by atoms with Crippen LogP contribution in [-0.2, 0) is 4.74 Å². The molecule has 1 fully saturated rings. The molecule has 3 rings (SSSR count). The highest BCUT2D eigenvalue weighted by atomic mass is 16.5. The molecule has 1 aliphatic rings. The summed E-state index contributed by atoms with van der Waals surface area (Å²) in [5, 5.41) is 4.20. The van der Waals surface area contributed by atoms with Gasteiger partial charge in [0.1, 0.15) is 5.69 Å². The van der Waals surface area contributed by atoms with E-state index in [1.165, 1.54) is 7.11 Å². The van der Waals surface area contributed by atoms with Gasteiger partial charge in [-0.2, -0.15) is 5.10 Å². The number of esters is 1. The topological polar surface area (TPSA) is 60.7 Å². The highest BCUT2D eigenvalue weighted by Crippen LogP contribution is 2.35. The molecule has 0 saturated heterocycles. The van der Waals surface area contributed by atoms with Crippen molar-refractivity contribution in [2.75, 3.05) is 7.11 Å². The summed E-state index contributed by atoms with van der Waals surface area (Å²) in [5.74, 6) is -0.275. The van der Waals surface area contributed by atoms with Crippen molar-refractivity contribution in [3.8, 4) is 0 Å². The van der Waals surface area contributed by atoms with Gasteiger partial charge in [0.25, 0.3) is 0 Å². The number of nitrogens with zero attached hydrogens (tertiary/aromatic N) is 2. The van der Waals surface area contributed by atoms with E-state index in [1.807, 2.05) is 0 Å². The Kier molecular flexibility index (Phi) is 2.62. The molecule has 19 heavy (non-hydrogen) atoms. The Morgan fingerprint density at radius 2 is 2.16 bits per heavy atom. The molecule has 0 unspecified atom stereocenters. The predicted molar refractivity (Wildman–Crippen MR) is 68.3 cm³/mol. The van der Waals surface area contributed by atoms with Gasteiger partial charge in [-0.1, -0.05) is 0 Å². The summed E-state index contributed by atoms with van der Waals surface area (Å²) in [5.41, 5.74) is 2.22. The lowest BCUT2D eigenvalue weighted by Crippen LogP contribution is -2.09. The second kappa shape index (κ2) is 4.19. The largest absolute Gasteiger partial charge is 0.465 e. The minimum atomic E-state index is -0.433. The van der Waals surface area contributed by atoms with E-state index in [-0.39, 0.29) is 11.7 Å². The van der Waals surface area contributed by atoms with Crippen LogP contribution in [0.3, 0.4) is 0 Å². The molecule has 0 aromatic carbocycles. The van der Waals surface area contributed by atoms with Crippen LogP contribution in [0.1, 0.15) is 39.3 Å². The monoisotopic (exact) mass is 258 g/mol. The number of hydrogen-bond donors (Lipinski definition) is 0. The molecule has 98 valence electrons. The first kappa shape index (κ1) is 11.9. The van der Waals surface area contributed by atoms with Crippen LogP contribution < -0.4 is 0 Å². The maximum atomic E-state index is 12.4. The molecular weight excluding hydrogens is 244 g/mol. The van der Waals surface area contributed by atoms with E-state index in [2.05, 4.69) is 5.10 Å². The van der Waals surface area contributed by atoms with Gasteiger partial charge in [0.05, 0.1) is 18.2 Å². The molecule has 2 aromatic heterocycles. The zero-order valence-corrected chi connectivity index (χ0v) is 10.8. The van der Waals surface area contributed by atoms with Crippen molar-refractivity contribution < 1.29 is 14.3 Å². The molecule has 1 aliphatic carbocycles. The smallest absolute Gasteiger partial charge is 0.340 e. The average Bonchev–Trinajstić information content (AvgIpc) is 3.21. The second-order valence-electron chi connectivity index (χ2n) is 4.80. The van der Waals surface area contributed by atoms with Crippen LogP contribution in [0, 0.1) is 12.8 Å². The van der Waals surface area contributed by atoms with Crippen LogP contribution >= 0.6 is 0 Å². The van der Waals surface area contributed by atoms with Crippen molar-refractivity contribution in [1.82, 2.24) is 9.61 Å². The van der Waals surface area contributed by atoms with Gasteiger partial charge in [-0.05, 0) is 37.5 Å². The fourth-order valence-electron chi connectivity index (χ4n) is 2.40. The fourth-order valence-corrected chi connectivity index (χ4v) is 2.40. The molecule has 0 radical (unpaired) electrons. The summed E-state index contributed by atoms with van der Waals surface area (Å²) in [6, 6.07) is 3.52. The average molecular weight is 258 g/mol. The minimum Gasteiger partial charge on any atom is -0.465 e. The third-order valence-corrected chi connectivity index (χ3v) is 3.52. The number of Topliss-reactive ketones (excluding diaryl/α,β-unsaturated/α-hetero) is 1. The van der Waals surface area contributed by atoms with E-state index < -0.39 is 5.97 Å². The third kappa shape index (κ3) is 1.73. The molecule has 2 aromatic rings. The van der Waals surface area contributed by atoms with E-state index in [0.717, 1.165) is 12.8 Å². The minimum absolute atomic E-state index is 0.0707. The van der Waals surface area contributed by atoms with Crippen LogP contribution in [0.2, 0.25) is 0 Å². The summed E-state index contributed by atoms with van der Waals surface area (Å²) in [6.45, 7) is 1.77. The summed E-state index contributed by atoms with van der Waals surface area (Å²) in [7, 11) is 1.34. The molecule has 1 saturated carbocycles. The van der Waals surface area contributed by atoms with E-state index in [4.69, 9.17) is 4.74 Å². The van der Waals surface area contributed by atoms with Crippen LogP contribution in [0.15, 0.2) is 18.3 Å². The van der Waals surface area contributed by atoms with Gasteiger partial charge in [-0.25, -0.2) is 9.31 Å². The normalized spacial score (nSPS) is 14.6. The number of aromatic nitrogens is 2. The van der Waals surface area contributed by atoms with Crippen LogP contribution in [0.5, 0.6) is 0 Å². The number of ether oxygens (including phenoxy) is 1. The maximum Gasteiger partial charge on any atom is 0.340 e. The third-order valence-electron chi connectivity index (χ3n) is 3.52. The first-order chi connectivity index (χ1) is 9.15. The highest BCUT2D eigenvalue weighted by molar-refractivity contribution is 6.07. The Hall–Kier alpha value is -2.17. The quantitative estimate of drug-likeness (QED) is 0.624. The number of fused-ring (bicyclic) bond motifs is 1. The summed E-state index contributed by atoms with van der Waals surface area (Å²) >= 11 is 0. The van der Waals surface area contributed by atoms with Crippen molar-refractivity contribution in [3.63, 3.8) is 0 Å². The second-order valence-corrected chi connectivity index (χ2v) is 4.80. The molecule has 0 aliphatic heterocycles. The molecule has 0 bridgehead atoms.